The van der Waals surface area contributed by atoms with Gasteiger partial charge in [-0.15, -0.1) is 0 Å². The van der Waals surface area contributed by atoms with E-state index >= 15 is 0 Å². The van der Waals surface area contributed by atoms with E-state index in [1.165, 1.54) is 19.4 Å². The first-order valence-electron chi connectivity index (χ1n) is 9.34. The van der Waals surface area contributed by atoms with Crippen molar-refractivity contribution in [2.75, 3.05) is 0 Å². The number of hydrogen-bond acceptors (Lipinski definition) is 4. The van der Waals surface area contributed by atoms with Crippen molar-refractivity contribution in [3.05, 3.63) is 76.9 Å². The number of rotatable bonds is 6. The Morgan fingerprint density at radius 2 is 1.54 bits per heavy atom. The molecule has 0 saturated heterocycles. The Morgan fingerprint density at radius 3 is 2.07 bits per heavy atom. The lowest BCUT2D eigenvalue weighted by atomic mass is 9.86. The number of esters is 2. The average Bonchev–Trinajstić information content (AvgIpc) is 2.60. The SMILES string of the molecule is CC(=O)OC(OC(C)=O)/C(=C/c1cccc(C(C)(C)C)c1)Cc1ccccc1. The highest BCUT2D eigenvalue weighted by atomic mass is 16.7. The monoisotopic (exact) mass is 380 g/mol. The van der Waals surface area contributed by atoms with Gasteiger partial charge in [-0.25, -0.2) is 0 Å². The third-order valence-electron chi connectivity index (χ3n) is 4.20. The normalized spacial score (nSPS) is 12.0. The number of carbonyl (C=O) groups excluding carboxylic acids is 2. The van der Waals surface area contributed by atoms with E-state index in [0.717, 1.165) is 11.1 Å². The van der Waals surface area contributed by atoms with Crippen molar-refractivity contribution in [3.8, 4) is 0 Å². The number of benzene rings is 2. The van der Waals surface area contributed by atoms with Crippen LogP contribution < -0.4 is 0 Å². The minimum atomic E-state index is -1.06. The first-order chi connectivity index (χ1) is 13.1. The molecule has 0 unspecified atom stereocenters. The minimum Gasteiger partial charge on any atom is -0.421 e. The van der Waals surface area contributed by atoms with E-state index in [4.69, 9.17) is 9.47 Å². The van der Waals surface area contributed by atoms with Crippen LogP contribution in [-0.2, 0) is 30.9 Å². The molecule has 0 heterocycles. The predicted molar refractivity (Wildman–Crippen MR) is 111 cm³/mol. The largest absolute Gasteiger partial charge is 0.421 e. The fourth-order valence-electron chi connectivity index (χ4n) is 2.82. The van der Waals surface area contributed by atoms with Crippen molar-refractivity contribution in [2.45, 2.75) is 52.7 Å². The molecule has 0 atom stereocenters. The Kier molecular flexibility index (Phi) is 7.16. The summed E-state index contributed by atoms with van der Waals surface area (Å²) in [4.78, 5) is 23.2. The van der Waals surface area contributed by atoms with E-state index < -0.39 is 18.2 Å². The maximum atomic E-state index is 11.6. The van der Waals surface area contributed by atoms with Gasteiger partial charge in [0, 0.05) is 25.8 Å². The van der Waals surface area contributed by atoms with E-state index in [-0.39, 0.29) is 5.41 Å². The molecule has 0 amide bonds. The molecule has 0 saturated carbocycles. The third-order valence-corrected chi connectivity index (χ3v) is 4.20. The molecule has 0 aliphatic rings. The topological polar surface area (TPSA) is 52.6 Å². The fraction of sp³-hybridized carbons (Fsp3) is 0.333. The zero-order chi connectivity index (χ0) is 20.7. The van der Waals surface area contributed by atoms with Gasteiger partial charge in [0.1, 0.15) is 0 Å². The maximum absolute atomic E-state index is 11.6. The molecule has 148 valence electrons. The van der Waals surface area contributed by atoms with Crippen molar-refractivity contribution in [1.29, 1.82) is 0 Å². The van der Waals surface area contributed by atoms with E-state index in [1.54, 1.807) is 0 Å². The van der Waals surface area contributed by atoms with Gasteiger partial charge in [0.25, 0.3) is 6.29 Å². The van der Waals surface area contributed by atoms with Gasteiger partial charge in [0.15, 0.2) is 0 Å². The highest BCUT2D eigenvalue weighted by Gasteiger charge is 2.22. The Balaban J connectivity index is 2.48. The molecule has 0 spiro atoms. The predicted octanol–water partition coefficient (Wildman–Crippen LogP) is 5.06. The Labute approximate surface area is 167 Å². The smallest absolute Gasteiger partial charge is 0.305 e. The highest BCUT2D eigenvalue weighted by molar-refractivity contribution is 5.69. The first-order valence-corrected chi connectivity index (χ1v) is 9.34. The number of hydrogen-bond donors (Lipinski definition) is 0. The van der Waals surface area contributed by atoms with Gasteiger partial charge in [-0.05, 0) is 28.2 Å². The van der Waals surface area contributed by atoms with E-state index in [9.17, 15) is 9.59 Å². The standard InChI is InChI=1S/C24H28O4/c1-17(25)27-23(28-18(2)26)21(14-19-10-7-6-8-11-19)15-20-12-9-13-22(16-20)24(3,4)5/h6-13,15-16,23H,14H2,1-5H3/b21-15+. The molecular formula is C24H28O4. The quantitative estimate of drug-likeness (QED) is 0.519. The lowest BCUT2D eigenvalue weighted by Gasteiger charge is -2.21. The third kappa shape index (κ3) is 6.69. The van der Waals surface area contributed by atoms with Crippen LogP contribution in [0.2, 0.25) is 0 Å². The molecule has 0 aliphatic carbocycles. The molecule has 4 nitrogen and oxygen atoms in total. The van der Waals surface area contributed by atoms with Crippen molar-refractivity contribution in [2.24, 2.45) is 0 Å². The summed E-state index contributed by atoms with van der Waals surface area (Å²) >= 11 is 0. The van der Waals surface area contributed by atoms with Gasteiger partial charge in [-0.3, -0.25) is 9.59 Å². The molecule has 2 aromatic carbocycles. The van der Waals surface area contributed by atoms with Gasteiger partial charge in [0.05, 0.1) is 0 Å². The van der Waals surface area contributed by atoms with Crippen molar-refractivity contribution in [3.63, 3.8) is 0 Å². The Bertz CT molecular complexity index is 828. The van der Waals surface area contributed by atoms with Crippen LogP contribution in [0.1, 0.15) is 51.3 Å². The van der Waals surface area contributed by atoms with E-state index in [2.05, 4.69) is 32.9 Å². The second kappa shape index (κ2) is 9.36. The van der Waals surface area contributed by atoms with Gasteiger partial charge in [-0.2, -0.15) is 0 Å². The summed E-state index contributed by atoms with van der Waals surface area (Å²) in [5, 5.41) is 0. The molecule has 2 rings (SSSR count). The van der Waals surface area contributed by atoms with Gasteiger partial charge in [0.2, 0.25) is 0 Å². The summed E-state index contributed by atoms with van der Waals surface area (Å²) in [6, 6.07) is 18.0. The molecule has 0 radical (unpaired) electrons. The summed E-state index contributed by atoms with van der Waals surface area (Å²) < 4.78 is 10.6. The fourth-order valence-corrected chi connectivity index (χ4v) is 2.82. The van der Waals surface area contributed by atoms with Crippen LogP contribution in [0.3, 0.4) is 0 Å². The number of ether oxygens (including phenoxy) is 2. The molecular weight excluding hydrogens is 352 g/mol. The first kappa shape index (κ1) is 21.4. The van der Waals surface area contributed by atoms with Crippen LogP contribution in [0, 0.1) is 0 Å². The zero-order valence-electron chi connectivity index (χ0n) is 17.2. The molecule has 2 aromatic rings. The van der Waals surface area contributed by atoms with E-state index in [1.807, 2.05) is 48.5 Å². The molecule has 0 aliphatic heterocycles. The summed E-state index contributed by atoms with van der Waals surface area (Å²) in [6.45, 7) is 9.07. The Morgan fingerprint density at radius 1 is 0.929 bits per heavy atom. The van der Waals surface area contributed by atoms with Gasteiger partial charge in [-0.1, -0.05) is 75.4 Å². The van der Waals surface area contributed by atoms with Crippen LogP contribution in [0.15, 0.2) is 60.2 Å². The minimum absolute atomic E-state index is 0.00855. The summed E-state index contributed by atoms with van der Waals surface area (Å²) in [7, 11) is 0. The Hall–Kier alpha value is -2.88. The molecule has 0 aromatic heterocycles. The van der Waals surface area contributed by atoms with Gasteiger partial charge >= 0.3 is 11.9 Å². The van der Waals surface area contributed by atoms with Crippen LogP contribution in [0.5, 0.6) is 0 Å². The van der Waals surface area contributed by atoms with Crippen molar-refractivity contribution >= 4 is 18.0 Å². The van der Waals surface area contributed by atoms with E-state index in [0.29, 0.717) is 12.0 Å². The molecule has 0 fully saturated rings. The van der Waals surface area contributed by atoms with Crippen LogP contribution in [0.25, 0.3) is 6.08 Å². The molecule has 4 heteroatoms. The second-order valence-corrected chi connectivity index (χ2v) is 7.81. The number of carbonyl (C=O) groups is 2. The summed E-state index contributed by atoms with van der Waals surface area (Å²) in [6.07, 6.45) is 1.36. The summed E-state index contributed by atoms with van der Waals surface area (Å²) in [5.74, 6) is -1.01. The van der Waals surface area contributed by atoms with Crippen molar-refractivity contribution < 1.29 is 19.1 Å². The van der Waals surface area contributed by atoms with Crippen LogP contribution >= 0.6 is 0 Å². The van der Waals surface area contributed by atoms with Gasteiger partial charge < -0.3 is 9.47 Å². The second-order valence-electron chi connectivity index (χ2n) is 7.81. The maximum Gasteiger partial charge on any atom is 0.305 e. The summed E-state index contributed by atoms with van der Waals surface area (Å²) in [5.41, 5.74) is 3.89. The highest BCUT2D eigenvalue weighted by Crippen LogP contribution is 2.25. The lowest BCUT2D eigenvalue weighted by molar-refractivity contribution is -0.178. The van der Waals surface area contributed by atoms with Crippen molar-refractivity contribution in [1.82, 2.24) is 0 Å². The van der Waals surface area contributed by atoms with Crippen LogP contribution in [-0.4, -0.2) is 18.2 Å². The molecule has 0 bridgehead atoms. The lowest BCUT2D eigenvalue weighted by Crippen LogP contribution is -2.25. The molecule has 0 N–H and O–H groups in total. The van der Waals surface area contributed by atoms with Crippen LogP contribution in [0.4, 0.5) is 0 Å². The zero-order valence-corrected chi connectivity index (χ0v) is 17.2. The molecule has 28 heavy (non-hydrogen) atoms. The average molecular weight is 380 g/mol.